The predicted octanol–water partition coefficient (Wildman–Crippen LogP) is 4.26. The number of nitrogens with one attached hydrogen (secondary N) is 2. The molecular formula is C21H19ClN4O3S. The molecule has 9 heteroatoms. The Morgan fingerprint density at radius 1 is 1.10 bits per heavy atom. The van der Waals surface area contributed by atoms with Crippen LogP contribution in [0.1, 0.15) is 15.9 Å². The summed E-state index contributed by atoms with van der Waals surface area (Å²) in [5.41, 5.74) is 1.97. The van der Waals surface area contributed by atoms with E-state index in [2.05, 4.69) is 25.3 Å². The van der Waals surface area contributed by atoms with Gasteiger partial charge in [-0.1, -0.05) is 41.6 Å². The van der Waals surface area contributed by atoms with Crippen molar-refractivity contribution >= 4 is 46.7 Å². The molecule has 0 saturated carbocycles. The van der Waals surface area contributed by atoms with E-state index in [1.165, 1.54) is 25.2 Å². The van der Waals surface area contributed by atoms with Crippen LogP contribution in [0.5, 0.6) is 0 Å². The Bertz CT molecular complexity index is 1030. The van der Waals surface area contributed by atoms with Crippen LogP contribution in [0.2, 0.25) is 5.02 Å². The lowest BCUT2D eigenvalue weighted by Crippen LogP contribution is -2.14. The van der Waals surface area contributed by atoms with Gasteiger partial charge in [0.25, 0.3) is 0 Å². The number of esters is 1. The number of rotatable bonds is 8. The molecule has 0 fully saturated rings. The van der Waals surface area contributed by atoms with Crippen LogP contribution >= 0.6 is 23.4 Å². The summed E-state index contributed by atoms with van der Waals surface area (Å²) in [6, 6.07) is 15.9. The second kappa shape index (κ2) is 10.6. The van der Waals surface area contributed by atoms with Gasteiger partial charge in [-0.05, 0) is 35.9 Å². The topological polar surface area (TPSA) is 93.2 Å². The van der Waals surface area contributed by atoms with Crippen LogP contribution in [-0.4, -0.2) is 34.7 Å². The monoisotopic (exact) mass is 442 g/mol. The molecule has 0 unspecified atom stereocenters. The lowest BCUT2D eigenvalue weighted by atomic mass is 10.2. The Balaban J connectivity index is 1.52. The van der Waals surface area contributed by atoms with Crippen LogP contribution in [0.15, 0.2) is 66.0 Å². The van der Waals surface area contributed by atoms with Crippen LogP contribution in [0.25, 0.3) is 0 Å². The van der Waals surface area contributed by atoms with Gasteiger partial charge in [-0.3, -0.25) is 4.79 Å². The third-order valence-electron chi connectivity index (χ3n) is 3.95. The molecule has 2 N–H and O–H groups in total. The van der Waals surface area contributed by atoms with Crippen LogP contribution in [-0.2, 0) is 16.1 Å². The first-order valence-corrected chi connectivity index (χ1v) is 10.3. The fraction of sp³-hybridized carbons (Fsp3) is 0.143. The highest BCUT2D eigenvalue weighted by Gasteiger charge is 2.09. The number of anilines is 2. The van der Waals surface area contributed by atoms with Gasteiger partial charge in [0.05, 0.1) is 18.4 Å². The molecule has 0 atom stereocenters. The van der Waals surface area contributed by atoms with Gasteiger partial charge < -0.3 is 15.4 Å². The van der Waals surface area contributed by atoms with E-state index >= 15 is 0 Å². The maximum absolute atomic E-state index is 12.2. The van der Waals surface area contributed by atoms with Gasteiger partial charge in [-0.25, -0.2) is 14.8 Å². The Hall–Kier alpha value is -3.10. The van der Waals surface area contributed by atoms with Gasteiger partial charge >= 0.3 is 5.97 Å². The van der Waals surface area contributed by atoms with E-state index < -0.39 is 5.97 Å². The number of carbonyl (C=O) groups is 2. The van der Waals surface area contributed by atoms with Gasteiger partial charge in [0.1, 0.15) is 17.2 Å². The molecule has 0 spiro atoms. The van der Waals surface area contributed by atoms with Crippen molar-refractivity contribution in [3.8, 4) is 0 Å². The number of ether oxygens (including phenoxy) is 1. The largest absolute Gasteiger partial charge is 0.465 e. The molecule has 1 heterocycles. The quantitative estimate of drug-likeness (QED) is 0.306. The molecule has 0 radical (unpaired) electrons. The van der Waals surface area contributed by atoms with Gasteiger partial charge in [0.2, 0.25) is 5.91 Å². The summed E-state index contributed by atoms with van der Waals surface area (Å²) in [5.74, 6) is 0.154. The van der Waals surface area contributed by atoms with Crippen LogP contribution in [0.3, 0.4) is 0 Å². The highest BCUT2D eigenvalue weighted by Crippen LogP contribution is 2.19. The minimum Gasteiger partial charge on any atom is -0.465 e. The maximum atomic E-state index is 12.2. The zero-order valence-electron chi connectivity index (χ0n) is 16.1. The van der Waals surface area contributed by atoms with Crippen molar-refractivity contribution in [2.24, 2.45) is 0 Å². The molecule has 2 aromatic carbocycles. The first-order chi connectivity index (χ1) is 14.5. The minimum absolute atomic E-state index is 0.163. The molecule has 0 aliphatic rings. The predicted molar refractivity (Wildman–Crippen MR) is 118 cm³/mol. The number of methoxy groups -OCH3 is 1. The van der Waals surface area contributed by atoms with Crippen molar-refractivity contribution in [3.63, 3.8) is 0 Å². The van der Waals surface area contributed by atoms with E-state index in [0.717, 1.165) is 5.56 Å². The van der Waals surface area contributed by atoms with Crippen molar-refractivity contribution in [3.05, 3.63) is 77.1 Å². The normalized spacial score (nSPS) is 10.3. The maximum Gasteiger partial charge on any atom is 0.337 e. The molecule has 3 aromatic rings. The van der Waals surface area contributed by atoms with E-state index in [1.807, 2.05) is 24.3 Å². The highest BCUT2D eigenvalue weighted by molar-refractivity contribution is 7.99. The zero-order valence-corrected chi connectivity index (χ0v) is 17.7. The Labute approximate surface area is 183 Å². The smallest absolute Gasteiger partial charge is 0.337 e. The molecule has 0 bridgehead atoms. The average molecular weight is 443 g/mol. The summed E-state index contributed by atoms with van der Waals surface area (Å²) in [5, 5.41) is 7.34. The van der Waals surface area contributed by atoms with E-state index in [1.54, 1.807) is 30.3 Å². The number of amides is 1. The Morgan fingerprint density at radius 3 is 2.67 bits per heavy atom. The second-order valence-corrected chi connectivity index (χ2v) is 7.56. The van der Waals surface area contributed by atoms with Crippen molar-refractivity contribution < 1.29 is 14.3 Å². The fourth-order valence-electron chi connectivity index (χ4n) is 2.49. The Morgan fingerprint density at radius 2 is 1.90 bits per heavy atom. The highest BCUT2D eigenvalue weighted by atomic mass is 35.5. The van der Waals surface area contributed by atoms with E-state index in [-0.39, 0.29) is 11.7 Å². The molecule has 154 valence electrons. The number of nitrogens with zero attached hydrogens (tertiary/aromatic N) is 2. The minimum atomic E-state index is -0.458. The zero-order chi connectivity index (χ0) is 21.3. The van der Waals surface area contributed by atoms with Crippen molar-refractivity contribution in [2.45, 2.75) is 11.6 Å². The number of thioether (sulfide) groups is 1. The van der Waals surface area contributed by atoms with Crippen LogP contribution < -0.4 is 10.6 Å². The molecular weight excluding hydrogens is 424 g/mol. The van der Waals surface area contributed by atoms with Crippen molar-refractivity contribution in [2.75, 3.05) is 23.5 Å². The second-order valence-electron chi connectivity index (χ2n) is 6.13. The lowest BCUT2D eigenvalue weighted by Gasteiger charge is -2.08. The molecule has 30 heavy (non-hydrogen) atoms. The first kappa shape index (κ1) is 21.6. The number of halogens is 1. The number of hydrogen-bond acceptors (Lipinski definition) is 7. The standard InChI is InChI=1S/C21H19ClN4O3S/c1-29-21(28)15-3-2-4-17(9-15)26-19(27)12-30-20-10-18(24-13-25-20)23-11-14-5-7-16(22)8-6-14/h2-10,13H,11-12H2,1H3,(H,26,27)(H,23,24,25). The molecule has 0 aliphatic carbocycles. The third-order valence-corrected chi connectivity index (χ3v) is 5.12. The van der Waals surface area contributed by atoms with Gasteiger partial charge in [0, 0.05) is 23.3 Å². The number of aromatic nitrogens is 2. The molecule has 3 rings (SSSR count). The Kier molecular flexibility index (Phi) is 7.64. The van der Waals surface area contributed by atoms with Crippen molar-refractivity contribution in [1.29, 1.82) is 0 Å². The fourth-order valence-corrected chi connectivity index (χ4v) is 3.28. The third kappa shape index (κ3) is 6.47. The summed E-state index contributed by atoms with van der Waals surface area (Å²) in [6.07, 6.45) is 1.45. The van der Waals surface area contributed by atoms with Gasteiger partial charge in [-0.2, -0.15) is 0 Å². The molecule has 0 saturated heterocycles. The molecule has 0 aliphatic heterocycles. The summed E-state index contributed by atoms with van der Waals surface area (Å²) in [7, 11) is 1.31. The summed E-state index contributed by atoms with van der Waals surface area (Å²) in [4.78, 5) is 32.2. The molecule has 7 nitrogen and oxygen atoms in total. The summed E-state index contributed by atoms with van der Waals surface area (Å²) in [6.45, 7) is 0.593. The van der Waals surface area contributed by atoms with Crippen molar-refractivity contribution in [1.82, 2.24) is 9.97 Å². The van der Waals surface area contributed by atoms with E-state index in [4.69, 9.17) is 11.6 Å². The molecule has 1 aromatic heterocycles. The number of benzene rings is 2. The summed E-state index contributed by atoms with van der Waals surface area (Å²) < 4.78 is 4.68. The molecule has 1 amide bonds. The van der Waals surface area contributed by atoms with Crippen LogP contribution in [0, 0.1) is 0 Å². The van der Waals surface area contributed by atoms with Gasteiger partial charge in [0.15, 0.2) is 0 Å². The number of carbonyl (C=O) groups excluding carboxylic acids is 2. The summed E-state index contributed by atoms with van der Waals surface area (Å²) >= 11 is 7.18. The van der Waals surface area contributed by atoms with E-state index in [9.17, 15) is 9.59 Å². The SMILES string of the molecule is COC(=O)c1cccc(NC(=O)CSc2cc(NCc3ccc(Cl)cc3)ncn2)c1. The average Bonchev–Trinajstić information content (AvgIpc) is 2.77. The van der Waals surface area contributed by atoms with E-state index in [0.29, 0.717) is 33.7 Å². The first-order valence-electron chi connectivity index (χ1n) is 8.95. The van der Waals surface area contributed by atoms with Crippen LogP contribution in [0.4, 0.5) is 11.5 Å². The lowest BCUT2D eigenvalue weighted by molar-refractivity contribution is -0.113. The number of hydrogen-bond donors (Lipinski definition) is 2. The van der Waals surface area contributed by atoms with Gasteiger partial charge in [-0.15, -0.1) is 0 Å².